The third kappa shape index (κ3) is 7.63. The summed E-state index contributed by atoms with van der Waals surface area (Å²) in [5.41, 5.74) is 3.80. The molecule has 9 heteroatoms. The molecule has 3 N–H and O–H groups in total. The van der Waals surface area contributed by atoms with E-state index in [2.05, 4.69) is 66.1 Å². The van der Waals surface area contributed by atoms with Crippen molar-refractivity contribution in [2.45, 2.75) is 102 Å². The van der Waals surface area contributed by atoms with Crippen LogP contribution >= 0.6 is 0 Å². The minimum absolute atomic E-state index is 0.0552. The molecule has 40 heavy (non-hydrogen) atoms. The van der Waals surface area contributed by atoms with E-state index in [9.17, 15) is 5.11 Å². The minimum Gasteiger partial charge on any atom is -0.390 e. The molecule has 2 saturated carbocycles. The number of aliphatic hydroxyl groups is 1. The average Bonchev–Trinajstić information content (AvgIpc) is 3.45. The van der Waals surface area contributed by atoms with Gasteiger partial charge in [-0.25, -0.2) is 5.43 Å². The Morgan fingerprint density at radius 2 is 1.73 bits per heavy atom. The quantitative estimate of drug-likeness (QED) is 0.215. The fourth-order valence-electron chi connectivity index (χ4n) is 7.39. The van der Waals surface area contributed by atoms with E-state index < -0.39 is 5.52 Å². The van der Waals surface area contributed by atoms with Crippen molar-refractivity contribution in [1.29, 1.82) is 0 Å². The first kappa shape index (κ1) is 31.4. The SMILES string of the molecule is [B]C([B])(O)N(C(=C)N(CC)CC1CCN(C(C(=C)NC(C)C(=C)N2CCCCN2)C2CCCC2)C1)C(C)C1CC1. The molecule has 4 fully saturated rings. The molecular weight excluding hydrogens is 494 g/mol. The van der Waals surface area contributed by atoms with Crippen LogP contribution in [0.5, 0.6) is 0 Å². The molecule has 4 rings (SSSR count). The van der Waals surface area contributed by atoms with Gasteiger partial charge >= 0.3 is 0 Å². The van der Waals surface area contributed by atoms with Crippen LogP contribution in [0.25, 0.3) is 0 Å². The van der Waals surface area contributed by atoms with Gasteiger partial charge in [-0.05, 0) is 90.0 Å². The Kier molecular flexibility index (Phi) is 10.7. The van der Waals surface area contributed by atoms with Gasteiger partial charge in [0.2, 0.25) is 0 Å². The maximum atomic E-state index is 10.6. The molecule has 7 nitrogen and oxygen atoms in total. The summed E-state index contributed by atoms with van der Waals surface area (Å²) < 4.78 is 0. The zero-order valence-electron chi connectivity index (χ0n) is 25.6. The van der Waals surface area contributed by atoms with Crippen molar-refractivity contribution in [3.63, 3.8) is 0 Å². The molecule has 4 atom stereocenters. The molecular formula is C31H54B2N6O. The normalized spacial score (nSPS) is 24.9. The van der Waals surface area contributed by atoms with E-state index in [4.69, 9.17) is 15.7 Å². The Morgan fingerprint density at radius 3 is 2.30 bits per heavy atom. The Balaban J connectivity index is 1.39. The van der Waals surface area contributed by atoms with Gasteiger partial charge in [-0.3, -0.25) is 4.90 Å². The van der Waals surface area contributed by atoms with Gasteiger partial charge in [-0.2, -0.15) is 0 Å². The van der Waals surface area contributed by atoms with Crippen molar-refractivity contribution in [1.82, 2.24) is 30.5 Å². The monoisotopic (exact) mass is 548 g/mol. The van der Waals surface area contributed by atoms with Gasteiger partial charge in [-0.1, -0.05) is 32.6 Å². The molecule has 0 bridgehead atoms. The van der Waals surface area contributed by atoms with Crippen LogP contribution in [0.4, 0.5) is 0 Å². The van der Waals surface area contributed by atoms with Crippen molar-refractivity contribution >= 4 is 15.7 Å². The van der Waals surface area contributed by atoms with Crippen LogP contribution in [0, 0.1) is 17.8 Å². The van der Waals surface area contributed by atoms with Crippen molar-refractivity contribution in [3.8, 4) is 0 Å². The molecule has 2 aliphatic heterocycles. The van der Waals surface area contributed by atoms with Gasteiger partial charge < -0.3 is 25.2 Å². The van der Waals surface area contributed by atoms with Gasteiger partial charge in [0.15, 0.2) is 0 Å². The number of rotatable bonds is 15. The van der Waals surface area contributed by atoms with E-state index in [1.807, 2.05) is 0 Å². The van der Waals surface area contributed by atoms with E-state index in [0.29, 0.717) is 23.8 Å². The van der Waals surface area contributed by atoms with Crippen molar-refractivity contribution < 1.29 is 5.11 Å². The predicted octanol–water partition coefficient (Wildman–Crippen LogP) is 3.31. The van der Waals surface area contributed by atoms with E-state index in [1.165, 1.54) is 38.5 Å². The summed E-state index contributed by atoms with van der Waals surface area (Å²) in [4.78, 5) is 6.67. The first-order valence-corrected chi connectivity index (χ1v) is 15.9. The zero-order chi connectivity index (χ0) is 29.0. The zero-order valence-corrected chi connectivity index (χ0v) is 25.6. The van der Waals surface area contributed by atoms with Gasteiger partial charge in [0.05, 0.1) is 23.4 Å². The van der Waals surface area contributed by atoms with Gasteiger partial charge in [0.1, 0.15) is 15.7 Å². The smallest absolute Gasteiger partial charge is 0.128 e. The van der Waals surface area contributed by atoms with E-state index >= 15 is 0 Å². The van der Waals surface area contributed by atoms with Gasteiger partial charge in [0.25, 0.3) is 0 Å². The number of hydrogen-bond acceptors (Lipinski definition) is 7. The van der Waals surface area contributed by atoms with Crippen LogP contribution in [-0.2, 0) is 0 Å². The van der Waals surface area contributed by atoms with Gasteiger partial charge in [0, 0.05) is 50.2 Å². The summed E-state index contributed by atoms with van der Waals surface area (Å²) in [6, 6.07) is 0.518. The highest BCUT2D eigenvalue weighted by atomic mass is 16.3. The molecule has 4 unspecified atom stereocenters. The molecule has 4 aliphatic rings. The lowest BCUT2D eigenvalue weighted by atomic mass is 9.71. The highest BCUT2D eigenvalue weighted by Crippen LogP contribution is 2.39. The molecule has 4 radical (unpaired) electrons. The highest BCUT2D eigenvalue weighted by Gasteiger charge is 2.40. The molecule has 2 saturated heterocycles. The standard InChI is InChI=1S/C31H54B2N6O/c1-7-36(26(6)39(31(32,33)40)25(5)28-14-15-28)20-27-16-19-37(21-27)30(29-12-8-9-13-29)23(3)35-22(2)24(4)38-18-11-10-17-34-38/h22,25,27-30,34-35,40H,3-4,6-21H2,1-2,5H3. The second-order valence-electron chi connectivity index (χ2n) is 13.0. The fraction of sp³-hybridized carbons (Fsp3) is 0.806. The number of hydrogen-bond donors (Lipinski definition) is 3. The topological polar surface area (TPSA) is 57.3 Å². The minimum atomic E-state index is -1.92. The molecule has 2 heterocycles. The van der Waals surface area contributed by atoms with E-state index in [1.54, 1.807) is 4.90 Å². The summed E-state index contributed by atoms with van der Waals surface area (Å²) >= 11 is 0. The fourth-order valence-corrected chi connectivity index (χ4v) is 7.39. The average molecular weight is 548 g/mol. The molecule has 0 aromatic rings. The molecule has 0 aromatic heterocycles. The molecule has 2 aliphatic carbocycles. The Labute approximate surface area is 247 Å². The maximum absolute atomic E-state index is 10.6. The summed E-state index contributed by atoms with van der Waals surface area (Å²) in [7, 11) is 12.1. The number of likely N-dealkylation sites (tertiary alicyclic amines) is 1. The Bertz CT molecular complexity index is 878. The Morgan fingerprint density at radius 1 is 1.02 bits per heavy atom. The molecule has 0 spiro atoms. The summed E-state index contributed by atoms with van der Waals surface area (Å²) in [6.45, 7) is 25.6. The lowest BCUT2D eigenvalue weighted by molar-refractivity contribution is -0.000639. The van der Waals surface area contributed by atoms with Crippen molar-refractivity contribution in [2.24, 2.45) is 17.8 Å². The van der Waals surface area contributed by atoms with Crippen LogP contribution in [0.15, 0.2) is 37.0 Å². The molecule has 0 aromatic carbocycles. The number of nitrogens with zero attached hydrogens (tertiary/aromatic N) is 4. The third-order valence-corrected chi connectivity index (χ3v) is 9.87. The lowest BCUT2D eigenvalue weighted by Gasteiger charge is -2.47. The number of nitrogens with one attached hydrogen (secondary N) is 2. The van der Waals surface area contributed by atoms with E-state index in [-0.39, 0.29) is 12.1 Å². The maximum Gasteiger partial charge on any atom is 0.128 e. The number of hydrazine groups is 1. The van der Waals surface area contributed by atoms with Crippen LogP contribution in [0.1, 0.15) is 78.6 Å². The third-order valence-electron chi connectivity index (χ3n) is 9.87. The summed E-state index contributed by atoms with van der Waals surface area (Å²) in [5.74, 6) is 2.37. The van der Waals surface area contributed by atoms with Gasteiger partial charge in [-0.15, -0.1) is 0 Å². The van der Waals surface area contributed by atoms with Crippen molar-refractivity contribution in [2.75, 3.05) is 39.3 Å². The van der Waals surface area contributed by atoms with Crippen LogP contribution in [0.2, 0.25) is 0 Å². The first-order chi connectivity index (χ1) is 19.0. The largest absolute Gasteiger partial charge is 0.390 e. The molecule has 0 amide bonds. The highest BCUT2D eigenvalue weighted by molar-refractivity contribution is 6.38. The lowest BCUT2D eigenvalue weighted by Crippen LogP contribution is -2.57. The van der Waals surface area contributed by atoms with E-state index in [0.717, 1.165) is 75.7 Å². The summed E-state index contributed by atoms with van der Waals surface area (Å²) in [5, 5.41) is 16.6. The first-order valence-electron chi connectivity index (χ1n) is 15.9. The Hall–Kier alpha value is -1.57. The van der Waals surface area contributed by atoms with Crippen LogP contribution in [-0.4, -0.2) is 103 Å². The summed E-state index contributed by atoms with van der Waals surface area (Å²) in [6.07, 6.45) is 11.0. The second kappa shape index (κ2) is 13.6. The van der Waals surface area contributed by atoms with Crippen LogP contribution < -0.4 is 10.7 Å². The predicted molar refractivity (Wildman–Crippen MR) is 167 cm³/mol. The van der Waals surface area contributed by atoms with Crippen LogP contribution in [0.3, 0.4) is 0 Å². The molecule has 220 valence electrons. The van der Waals surface area contributed by atoms with Crippen molar-refractivity contribution in [3.05, 3.63) is 37.0 Å². The second-order valence-corrected chi connectivity index (χ2v) is 13.0.